The van der Waals surface area contributed by atoms with Crippen molar-refractivity contribution in [3.05, 3.63) is 241 Å². The van der Waals surface area contributed by atoms with Crippen LogP contribution in [0.4, 0.5) is 17.1 Å². The summed E-state index contributed by atoms with van der Waals surface area (Å²) < 4.78 is 4.53. The van der Waals surface area contributed by atoms with Gasteiger partial charge in [-0.3, -0.25) is 0 Å². The Bertz CT molecular complexity index is 4070. The fourth-order valence-electron chi connectivity index (χ4n) is 9.56. The van der Waals surface area contributed by atoms with Crippen LogP contribution in [0.2, 0.25) is 0 Å². The minimum Gasteiger partial charge on any atom is -0.308 e. The van der Waals surface area contributed by atoms with E-state index in [9.17, 15) is 0 Å². The Morgan fingerprint density at radius 1 is 0.294 bits per heavy atom. The van der Waals surface area contributed by atoms with Gasteiger partial charge in [0, 0.05) is 38.2 Å². The summed E-state index contributed by atoms with van der Waals surface area (Å²) in [5, 5.41) is 4.10. The first-order valence-corrected chi connectivity index (χ1v) is 22.0. The number of aromatic nitrogens is 5. The highest BCUT2D eigenvalue weighted by atomic mass is 15.1. The summed E-state index contributed by atoms with van der Waals surface area (Å²) in [5.41, 5.74) is 12.8. The van der Waals surface area contributed by atoms with Crippen molar-refractivity contribution < 1.29 is 0 Å². The topological polar surface area (TPSA) is 61.6 Å². The summed E-state index contributed by atoms with van der Waals surface area (Å²) in [7, 11) is 0. The summed E-state index contributed by atoms with van der Waals surface area (Å²) in [5.74, 6) is 1.37. The van der Waals surface area contributed by atoms with Gasteiger partial charge in [-0.1, -0.05) is 158 Å². The van der Waals surface area contributed by atoms with Crippen LogP contribution in [0.25, 0.3) is 126 Å². The van der Waals surface area contributed by atoms with E-state index in [1.54, 1.807) is 0 Å². The molecule has 0 unspecified atom stereocenters. The van der Waals surface area contributed by atoms with Gasteiger partial charge in [-0.05, 0) is 70.8 Å². The molecule has 3 aromatic heterocycles. The number of hydrogen-bond donors (Lipinski definition) is 0. The predicted octanol–water partition coefficient (Wildman–Crippen LogP) is 16.1. The third-order valence-corrected chi connectivity index (χ3v) is 12.7. The van der Waals surface area contributed by atoms with Crippen LogP contribution in [0, 0.1) is 19.7 Å². The van der Waals surface area contributed by atoms with Crippen LogP contribution in [0.5, 0.6) is 0 Å². The van der Waals surface area contributed by atoms with Crippen molar-refractivity contribution in [2.75, 3.05) is 0 Å². The van der Waals surface area contributed by atoms with E-state index in [-0.39, 0.29) is 0 Å². The maximum atomic E-state index is 8.82. The standard InChI is InChI=1S/C60H34N8/c1-61-49-26-14-10-22-42(49)40-30-32-54-46(34-40)44-24-12-16-28-52(44)67(54)56-36-48(60-65-58(38-18-6-4-7-19-38)64-59(66-60)39-20-8-5-9-21-39)51(63-3)37-57(56)68-53-29-17-13-25-45(53)47-35-41(31-33-55(47)68)43-23-11-15-27-50(43)62-2/h4-37H. The highest BCUT2D eigenvalue weighted by Gasteiger charge is 2.25. The molecule has 0 fully saturated rings. The summed E-state index contributed by atoms with van der Waals surface area (Å²) in [4.78, 5) is 27.2. The molecule has 0 N–H and O–H groups in total. The first-order chi connectivity index (χ1) is 33.6. The van der Waals surface area contributed by atoms with E-state index in [4.69, 9.17) is 34.7 Å². The van der Waals surface area contributed by atoms with Gasteiger partial charge in [0.15, 0.2) is 34.5 Å². The molecule has 0 spiro atoms. The first-order valence-electron chi connectivity index (χ1n) is 22.0. The van der Waals surface area contributed by atoms with E-state index >= 15 is 0 Å². The van der Waals surface area contributed by atoms with Crippen molar-refractivity contribution in [1.82, 2.24) is 24.1 Å². The van der Waals surface area contributed by atoms with Crippen LogP contribution in [0.1, 0.15) is 0 Å². The lowest BCUT2D eigenvalue weighted by Crippen LogP contribution is -2.06. The Morgan fingerprint density at radius 2 is 0.691 bits per heavy atom. The Balaban J connectivity index is 1.19. The fourth-order valence-corrected chi connectivity index (χ4v) is 9.56. The van der Waals surface area contributed by atoms with Crippen molar-refractivity contribution in [1.29, 1.82) is 0 Å². The second kappa shape index (κ2) is 16.2. The van der Waals surface area contributed by atoms with Gasteiger partial charge < -0.3 is 9.13 Å². The molecule has 12 aromatic rings. The second-order valence-electron chi connectivity index (χ2n) is 16.4. The molecule has 0 aliphatic heterocycles. The molecule has 0 saturated carbocycles. The van der Waals surface area contributed by atoms with Gasteiger partial charge in [-0.2, -0.15) is 0 Å². The van der Waals surface area contributed by atoms with Crippen LogP contribution in [0.3, 0.4) is 0 Å². The van der Waals surface area contributed by atoms with Crippen molar-refractivity contribution >= 4 is 60.7 Å². The zero-order chi connectivity index (χ0) is 45.7. The lowest BCUT2D eigenvalue weighted by molar-refractivity contribution is 1.07. The Morgan fingerprint density at radius 3 is 1.18 bits per heavy atom. The van der Waals surface area contributed by atoms with Gasteiger partial charge in [0.25, 0.3) is 0 Å². The molecular weight excluding hydrogens is 833 g/mol. The van der Waals surface area contributed by atoms with Crippen LogP contribution >= 0.6 is 0 Å². The van der Waals surface area contributed by atoms with E-state index in [1.165, 1.54) is 0 Å². The number of benzene rings is 9. The average Bonchev–Trinajstić information content (AvgIpc) is 3.92. The van der Waals surface area contributed by atoms with Gasteiger partial charge in [-0.15, -0.1) is 0 Å². The molecule has 12 rings (SSSR count). The van der Waals surface area contributed by atoms with Crippen LogP contribution in [0.15, 0.2) is 206 Å². The Hall–Kier alpha value is -9.94. The number of rotatable bonds is 7. The minimum atomic E-state index is 0.375. The van der Waals surface area contributed by atoms with Gasteiger partial charge in [0.05, 0.1) is 53.2 Å². The van der Waals surface area contributed by atoms with Crippen LogP contribution in [-0.4, -0.2) is 24.1 Å². The van der Waals surface area contributed by atoms with E-state index in [0.29, 0.717) is 40.1 Å². The van der Waals surface area contributed by atoms with Crippen molar-refractivity contribution in [3.8, 4) is 67.8 Å². The van der Waals surface area contributed by atoms with E-state index < -0.39 is 0 Å². The van der Waals surface area contributed by atoms with E-state index in [2.05, 4.69) is 96.5 Å². The summed E-state index contributed by atoms with van der Waals surface area (Å²) in [6.45, 7) is 24.7. The molecule has 8 heteroatoms. The monoisotopic (exact) mass is 866 g/mol. The fraction of sp³-hybridized carbons (Fsp3) is 0. The molecule has 9 aromatic carbocycles. The zero-order valence-corrected chi connectivity index (χ0v) is 36.2. The molecule has 0 aliphatic rings. The smallest absolute Gasteiger partial charge is 0.200 e. The number of para-hydroxylation sites is 4. The van der Waals surface area contributed by atoms with Crippen LogP contribution < -0.4 is 0 Å². The highest BCUT2D eigenvalue weighted by Crippen LogP contribution is 2.45. The molecule has 3 heterocycles. The van der Waals surface area contributed by atoms with E-state index in [1.807, 2.05) is 133 Å². The van der Waals surface area contributed by atoms with Crippen molar-refractivity contribution in [3.63, 3.8) is 0 Å². The van der Waals surface area contributed by atoms with Crippen molar-refractivity contribution in [2.45, 2.75) is 0 Å². The summed E-state index contributed by atoms with van der Waals surface area (Å²) >= 11 is 0. The molecule has 0 radical (unpaired) electrons. The predicted molar refractivity (Wildman–Crippen MR) is 274 cm³/mol. The molecule has 0 aliphatic carbocycles. The average molecular weight is 867 g/mol. The number of hydrogen-bond acceptors (Lipinski definition) is 3. The normalized spacial score (nSPS) is 11.2. The van der Waals surface area contributed by atoms with Crippen molar-refractivity contribution in [2.24, 2.45) is 0 Å². The molecule has 0 saturated heterocycles. The lowest BCUT2D eigenvalue weighted by atomic mass is 10.0. The van der Waals surface area contributed by atoms with Gasteiger partial charge in [0.2, 0.25) is 0 Å². The molecule has 68 heavy (non-hydrogen) atoms. The van der Waals surface area contributed by atoms with E-state index in [0.717, 1.165) is 88.4 Å². The first kappa shape index (κ1) is 39.6. The zero-order valence-electron chi connectivity index (χ0n) is 36.2. The highest BCUT2D eigenvalue weighted by molar-refractivity contribution is 6.13. The lowest BCUT2D eigenvalue weighted by Gasteiger charge is -2.20. The van der Waals surface area contributed by atoms with Gasteiger partial charge in [-0.25, -0.2) is 29.5 Å². The Kier molecular flexibility index (Phi) is 9.47. The maximum Gasteiger partial charge on any atom is 0.200 e. The molecule has 0 bridgehead atoms. The van der Waals surface area contributed by atoms with Crippen LogP contribution in [-0.2, 0) is 0 Å². The third-order valence-electron chi connectivity index (χ3n) is 12.7. The number of nitrogens with zero attached hydrogens (tertiary/aromatic N) is 8. The summed E-state index contributed by atoms with van der Waals surface area (Å²) in [6, 6.07) is 68.7. The molecular formula is C60H34N8. The Labute approximate surface area is 391 Å². The maximum absolute atomic E-state index is 8.82. The molecule has 314 valence electrons. The third kappa shape index (κ3) is 6.47. The largest absolute Gasteiger partial charge is 0.308 e. The van der Waals surface area contributed by atoms with Gasteiger partial charge >= 0.3 is 0 Å². The second-order valence-corrected chi connectivity index (χ2v) is 16.4. The quantitative estimate of drug-likeness (QED) is 0.150. The van der Waals surface area contributed by atoms with Gasteiger partial charge in [0.1, 0.15) is 0 Å². The SMILES string of the molecule is [C-]#[N+]c1ccccc1-c1ccc2c(c1)c1ccccc1n2-c1cc([N+]#[C-])c(-c2nc(-c3ccccc3)nc(-c3ccccc3)n2)cc1-n1c2ccccc2c2cc(-c3ccccc3[N+]#[C-])ccc21. The number of fused-ring (bicyclic) bond motifs is 6. The molecule has 8 nitrogen and oxygen atoms in total. The molecule has 0 amide bonds. The summed E-state index contributed by atoms with van der Waals surface area (Å²) in [6.07, 6.45) is 0. The molecule has 0 atom stereocenters. The minimum absolute atomic E-state index is 0.375.